The Morgan fingerprint density at radius 3 is 2.40 bits per heavy atom. The number of carbonyl (C=O) groups is 3. The number of pyridine rings is 1. The summed E-state index contributed by atoms with van der Waals surface area (Å²) in [4.78, 5) is 45.4. The maximum atomic E-state index is 14.1. The van der Waals surface area contributed by atoms with Crippen LogP contribution in [0.5, 0.6) is 0 Å². The molecule has 3 aromatic rings. The van der Waals surface area contributed by atoms with Crippen LogP contribution in [0.2, 0.25) is 0 Å². The highest BCUT2D eigenvalue weighted by Crippen LogP contribution is 2.22. The molecule has 0 saturated carbocycles. The number of morpholine rings is 1. The van der Waals surface area contributed by atoms with Crippen molar-refractivity contribution in [2.75, 3.05) is 55.3 Å². The average Bonchev–Trinajstić information content (AvgIpc) is 3.00. The van der Waals surface area contributed by atoms with E-state index in [1.54, 1.807) is 47.4 Å². The van der Waals surface area contributed by atoms with E-state index >= 15 is 0 Å². The van der Waals surface area contributed by atoms with Crippen LogP contribution >= 0.6 is 9.24 Å². The second-order valence-electron chi connectivity index (χ2n) is 10.1. The number of rotatable bonds is 12. The maximum Gasteiger partial charge on any atom is 0.409 e. The number of halogens is 1. The van der Waals surface area contributed by atoms with Gasteiger partial charge in [0, 0.05) is 43.4 Å². The fourth-order valence-electron chi connectivity index (χ4n) is 4.57. The van der Waals surface area contributed by atoms with Gasteiger partial charge in [-0.05, 0) is 55.3 Å². The van der Waals surface area contributed by atoms with Crippen LogP contribution in [0.15, 0.2) is 60.8 Å². The molecule has 4 rings (SSSR count). The van der Waals surface area contributed by atoms with Crippen molar-refractivity contribution in [2.45, 2.75) is 25.8 Å². The van der Waals surface area contributed by atoms with Crippen molar-refractivity contribution in [3.8, 4) is 0 Å². The summed E-state index contributed by atoms with van der Waals surface area (Å²) in [5.74, 6) is -0.947. The lowest BCUT2D eigenvalue weighted by Crippen LogP contribution is -2.37. The van der Waals surface area contributed by atoms with E-state index in [1.165, 1.54) is 18.3 Å². The van der Waals surface area contributed by atoms with Gasteiger partial charge in [0.05, 0.1) is 24.6 Å². The van der Waals surface area contributed by atoms with Gasteiger partial charge in [-0.15, -0.1) is 9.24 Å². The number of hydrogen-bond donors (Lipinski definition) is 4. The number of ether oxygens (including phenoxy) is 1. The molecule has 0 radical (unpaired) electrons. The van der Waals surface area contributed by atoms with E-state index < -0.39 is 17.8 Å². The molecule has 4 N–H and O–H groups in total. The van der Waals surface area contributed by atoms with Gasteiger partial charge in [-0.2, -0.15) is 0 Å². The molecule has 11 nitrogen and oxygen atoms in total. The molecule has 0 spiro atoms. The van der Waals surface area contributed by atoms with Gasteiger partial charge < -0.3 is 25.4 Å². The summed E-state index contributed by atoms with van der Waals surface area (Å²) in [5, 5.41) is 17.1. The smallest absolute Gasteiger partial charge is 0.409 e. The molecule has 0 bridgehead atoms. The number of para-hydroxylation sites is 2. The Morgan fingerprint density at radius 2 is 1.72 bits per heavy atom. The summed E-state index contributed by atoms with van der Waals surface area (Å²) >= 11 is 0. The Labute approximate surface area is 252 Å². The van der Waals surface area contributed by atoms with Crippen molar-refractivity contribution in [2.24, 2.45) is 0 Å². The van der Waals surface area contributed by atoms with Crippen molar-refractivity contribution in [1.82, 2.24) is 14.8 Å². The Balaban J connectivity index is 1.38. The fourth-order valence-corrected chi connectivity index (χ4v) is 4.75. The number of carboxylic acid groups (broad SMARTS) is 1. The predicted molar refractivity (Wildman–Crippen MR) is 167 cm³/mol. The first-order chi connectivity index (χ1) is 20.8. The monoisotopic (exact) mass is 610 g/mol. The number of nitrogens with one attached hydrogen (secondary N) is 3. The molecule has 1 aromatic heterocycles. The van der Waals surface area contributed by atoms with Gasteiger partial charge in [0.15, 0.2) is 0 Å². The highest BCUT2D eigenvalue weighted by Gasteiger charge is 2.17. The lowest BCUT2D eigenvalue weighted by Gasteiger charge is -2.27. The molecule has 228 valence electrons. The van der Waals surface area contributed by atoms with Crippen LogP contribution in [0, 0.1) is 5.82 Å². The zero-order valence-corrected chi connectivity index (χ0v) is 24.9. The van der Waals surface area contributed by atoms with Crippen molar-refractivity contribution in [3.05, 3.63) is 77.9 Å². The van der Waals surface area contributed by atoms with Crippen LogP contribution in [0.1, 0.15) is 35.3 Å². The van der Waals surface area contributed by atoms with E-state index in [0.717, 1.165) is 52.1 Å². The minimum Gasteiger partial charge on any atom is -0.465 e. The second kappa shape index (κ2) is 15.9. The summed E-state index contributed by atoms with van der Waals surface area (Å²) in [7, 11) is 2.31. The molecule has 2 aromatic carbocycles. The minimum absolute atomic E-state index is 0.126. The maximum absolute atomic E-state index is 14.1. The molecule has 4 amide bonds. The Bertz CT molecular complexity index is 1400. The van der Waals surface area contributed by atoms with Crippen molar-refractivity contribution in [1.29, 1.82) is 0 Å². The molecule has 1 fully saturated rings. The minimum atomic E-state index is -1.25. The standard InChI is InChI=1S/C30H36FN6O5P/c31-23-18-22(9-11-27(23)43)33-29(39)37(13-5-1-4-12-36-14-16-42-17-15-36)20-21-8-10-26(32-19-21)28(38)34-24-6-2-3-7-25(24)35-30(40)41/h2-3,6-11,18-19,35H,1,4-5,12-17,20,43H2,(H,33,39)(H,34,38)(H,40,41). The molecule has 0 aliphatic carbocycles. The van der Waals surface area contributed by atoms with Crippen molar-refractivity contribution < 1.29 is 28.6 Å². The zero-order chi connectivity index (χ0) is 30.6. The Hall–Kier alpha value is -4.12. The summed E-state index contributed by atoms with van der Waals surface area (Å²) in [5.41, 5.74) is 1.72. The van der Waals surface area contributed by atoms with E-state index in [-0.39, 0.29) is 24.0 Å². The summed E-state index contributed by atoms with van der Waals surface area (Å²) in [6.45, 7) is 5.10. The third-order valence-electron chi connectivity index (χ3n) is 6.89. The molecule has 1 unspecified atom stereocenters. The highest BCUT2D eigenvalue weighted by atomic mass is 31.0. The molecule has 1 aliphatic heterocycles. The number of nitrogens with zero attached hydrogens (tertiary/aromatic N) is 3. The number of carbonyl (C=O) groups excluding carboxylic acids is 2. The number of amides is 4. The molecule has 1 aliphatic rings. The SMILES string of the molecule is O=C(O)Nc1ccccc1NC(=O)c1ccc(CN(CCCCCN2CCOCC2)C(=O)Nc2ccc(P)c(F)c2)cn1. The number of hydrogen-bond acceptors (Lipinski definition) is 6. The van der Waals surface area contributed by atoms with Crippen molar-refractivity contribution >= 4 is 49.6 Å². The third-order valence-corrected chi connectivity index (χ3v) is 7.36. The number of urea groups is 1. The molecular weight excluding hydrogens is 574 g/mol. The summed E-state index contributed by atoms with van der Waals surface area (Å²) in [6.07, 6.45) is 3.01. The Morgan fingerprint density at radius 1 is 0.977 bits per heavy atom. The van der Waals surface area contributed by atoms with Gasteiger partial charge in [0.1, 0.15) is 11.5 Å². The molecular formula is C30H36FN6O5P. The molecule has 13 heteroatoms. The lowest BCUT2D eigenvalue weighted by molar-refractivity contribution is 0.0371. The summed E-state index contributed by atoms with van der Waals surface area (Å²) in [6, 6.07) is 13.8. The largest absolute Gasteiger partial charge is 0.465 e. The number of anilines is 3. The van der Waals surface area contributed by atoms with Crippen LogP contribution in [-0.2, 0) is 11.3 Å². The zero-order valence-electron chi connectivity index (χ0n) is 23.7. The van der Waals surface area contributed by atoms with Crippen molar-refractivity contribution in [3.63, 3.8) is 0 Å². The quantitative estimate of drug-likeness (QED) is 0.174. The Kier molecular flexibility index (Phi) is 11.8. The number of benzene rings is 2. The predicted octanol–water partition coefficient (Wildman–Crippen LogP) is 4.60. The first kappa shape index (κ1) is 31.8. The van der Waals surface area contributed by atoms with Gasteiger partial charge in [-0.1, -0.05) is 30.7 Å². The molecule has 1 saturated heterocycles. The average molecular weight is 611 g/mol. The van der Waals surface area contributed by atoms with Crippen LogP contribution in [0.3, 0.4) is 0 Å². The van der Waals surface area contributed by atoms with Crippen LogP contribution in [0.25, 0.3) is 0 Å². The van der Waals surface area contributed by atoms with E-state index in [2.05, 4.69) is 35.1 Å². The number of aromatic nitrogens is 1. The third kappa shape index (κ3) is 9.99. The van der Waals surface area contributed by atoms with Gasteiger partial charge in [0.2, 0.25) is 0 Å². The first-order valence-electron chi connectivity index (χ1n) is 14.0. The van der Waals surface area contributed by atoms with Gasteiger partial charge in [-0.25, -0.2) is 14.0 Å². The van der Waals surface area contributed by atoms with E-state index in [9.17, 15) is 18.8 Å². The molecule has 43 heavy (non-hydrogen) atoms. The van der Waals surface area contributed by atoms with E-state index in [4.69, 9.17) is 9.84 Å². The first-order valence-corrected chi connectivity index (χ1v) is 14.6. The second-order valence-corrected chi connectivity index (χ2v) is 10.7. The van der Waals surface area contributed by atoms with Crippen LogP contribution < -0.4 is 21.3 Å². The van der Waals surface area contributed by atoms with Gasteiger partial charge in [-0.3, -0.25) is 20.0 Å². The van der Waals surface area contributed by atoms with Gasteiger partial charge in [0.25, 0.3) is 5.91 Å². The summed E-state index contributed by atoms with van der Waals surface area (Å²) < 4.78 is 19.5. The fraction of sp³-hybridized carbons (Fsp3) is 0.333. The van der Waals surface area contributed by atoms with Crippen LogP contribution in [-0.4, -0.2) is 77.3 Å². The topological polar surface area (TPSA) is 136 Å². The molecule has 2 heterocycles. The van der Waals surface area contributed by atoms with E-state index in [1.807, 2.05) is 0 Å². The number of unbranched alkanes of at least 4 members (excludes halogenated alkanes) is 2. The van der Waals surface area contributed by atoms with E-state index in [0.29, 0.717) is 28.8 Å². The highest BCUT2D eigenvalue weighted by molar-refractivity contribution is 7.27. The van der Waals surface area contributed by atoms with Crippen LogP contribution in [0.4, 0.5) is 31.0 Å². The van der Waals surface area contributed by atoms with Gasteiger partial charge >= 0.3 is 12.1 Å². The lowest BCUT2D eigenvalue weighted by atomic mass is 10.2. The molecule has 1 atom stereocenters. The normalized spacial score (nSPS) is 13.3.